The molecule has 0 atom stereocenters. The number of H-pyrrole nitrogens is 1. The van der Waals surface area contributed by atoms with Crippen LogP contribution in [0.5, 0.6) is 0 Å². The molecule has 0 amide bonds. The fraction of sp³-hybridized carbons (Fsp3) is 0.0909. The molecule has 0 bridgehead atoms. The molecule has 1 aromatic rings. The van der Waals surface area contributed by atoms with E-state index >= 15 is 0 Å². The Hall–Kier alpha value is -2.09. The summed E-state index contributed by atoms with van der Waals surface area (Å²) in [5.74, 6) is 0.308. The molecule has 2 aliphatic rings. The molecule has 0 fully saturated rings. The van der Waals surface area contributed by atoms with Crippen LogP contribution >= 0.6 is 11.3 Å². The average Bonchev–Trinajstić information content (AvgIpc) is 2.91. The van der Waals surface area contributed by atoms with Crippen molar-refractivity contribution >= 4 is 11.3 Å². The number of halogens is 3. The van der Waals surface area contributed by atoms with Gasteiger partial charge < -0.3 is 4.98 Å². The van der Waals surface area contributed by atoms with Crippen molar-refractivity contribution < 1.29 is 13.2 Å². The second-order valence-electron chi connectivity index (χ2n) is 3.79. The van der Waals surface area contributed by atoms with Crippen LogP contribution in [0.3, 0.4) is 0 Å². The zero-order valence-electron chi connectivity index (χ0n) is 9.23. The summed E-state index contributed by atoms with van der Waals surface area (Å²) in [4.78, 5) is 16.7. The standard InChI is InChI=1S/C11H6F3N3OS/c12-11(13,14)7-3-4-8(19-7)17-5-1-2-6-9(17)16-10(18)15-6/h1-5H,(H,15,18). The van der Waals surface area contributed by atoms with E-state index in [9.17, 15) is 18.0 Å². The number of alkyl halides is 3. The zero-order chi connectivity index (χ0) is 13.6. The Morgan fingerprint density at radius 2 is 2.05 bits per heavy atom. The maximum Gasteiger partial charge on any atom is 0.425 e. The number of imidazole rings is 1. The van der Waals surface area contributed by atoms with E-state index < -0.39 is 16.7 Å². The first-order valence-electron chi connectivity index (χ1n) is 5.20. The first-order chi connectivity index (χ1) is 8.95. The Morgan fingerprint density at radius 3 is 2.74 bits per heavy atom. The monoisotopic (exact) mass is 285 g/mol. The number of hydrogen-bond acceptors (Lipinski definition) is 3. The molecule has 1 N–H and O–H groups in total. The van der Waals surface area contributed by atoms with Crippen molar-refractivity contribution in [2.45, 2.75) is 6.18 Å². The van der Waals surface area contributed by atoms with Gasteiger partial charge in [-0.3, -0.25) is 4.57 Å². The van der Waals surface area contributed by atoms with Crippen LogP contribution in [0.25, 0.3) is 16.5 Å². The van der Waals surface area contributed by atoms with Gasteiger partial charge in [-0.25, -0.2) is 4.79 Å². The Morgan fingerprint density at radius 1 is 1.26 bits per heavy atom. The highest BCUT2D eigenvalue weighted by atomic mass is 32.1. The smallest absolute Gasteiger partial charge is 0.303 e. The molecule has 1 aromatic heterocycles. The van der Waals surface area contributed by atoms with Gasteiger partial charge in [0.15, 0.2) is 5.82 Å². The molecule has 19 heavy (non-hydrogen) atoms. The van der Waals surface area contributed by atoms with E-state index in [1.807, 2.05) is 0 Å². The molecule has 0 aromatic carbocycles. The van der Waals surface area contributed by atoms with Gasteiger partial charge in [0.25, 0.3) is 0 Å². The number of aromatic amines is 1. The summed E-state index contributed by atoms with van der Waals surface area (Å²) in [5, 5.41) is 0.351. The highest BCUT2D eigenvalue weighted by Crippen LogP contribution is 2.36. The van der Waals surface area contributed by atoms with Crippen molar-refractivity contribution in [3.05, 3.63) is 45.8 Å². The lowest BCUT2D eigenvalue weighted by atomic mass is 10.3. The number of rotatable bonds is 1. The lowest BCUT2D eigenvalue weighted by Crippen LogP contribution is -2.02. The molecule has 0 unspecified atom stereocenters. The van der Waals surface area contributed by atoms with Crippen LogP contribution in [0.15, 0.2) is 35.3 Å². The molecular weight excluding hydrogens is 279 g/mol. The Kier molecular flexibility index (Phi) is 2.49. The van der Waals surface area contributed by atoms with Crippen molar-refractivity contribution in [1.29, 1.82) is 0 Å². The Balaban J connectivity index is 2.15. The molecule has 4 nitrogen and oxygen atoms in total. The van der Waals surface area contributed by atoms with Gasteiger partial charge in [0, 0.05) is 6.20 Å². The molecular formula is C11H6F3N3OS. The van der Waals surface area contributed by atoms with Gasteiger partial charge in [0.1, 0.15) is 9.88 Å². The molecule has 0 radical (unpaired) electrons. The van der Waals surface area contributed by atoms with Crippen LogP contribution < -0.4 is 5.69 Å². The lowest BCUT2D eigenvalue weighted by molar-refractivity contribution is -0.134. The normalized spacial score (nSPS) is 12.2. The minimum atomic E-state index is -4.37. The van der Waals surface area contributed by atoms with E-state index in [4.69, 9.17) is 0 Å². The summed E-state index contributed by atoms with van der Waals surface area (Å²) in [6.07, 6.45) is -2.80. The molecule has 8 heteroatoms. The summed E-state index contributed by atoms with van der Waals surface area (Å²) in [6.45, 7) is 0. The predicted octanol–water partition coefficient (Wildman–Crippen LogP) is 2.75. The van der Waals surface area contributed by atoms with Gasteiger partial charge >= 0.3 is 11.9 Å². The van der Waals surface area contributed by atoms with E-state index in [2.05, 4.69) is 9.97 Å². The third-order valence-electron chi connectivity index (χ3n) is 2.52. The van der Waals surface area contributed by atoms with Gasteiger partial charge in [-0.2, -0.15) is 18.2 Å². The van der Waals surface area contributed by atoms with Crippen LogP contribution in [-0.2, 0) is 6.18 Å². The third kappa shape index (κ3) is 2.03. The second-order valence-corrected chi connectivity index (χ2v) is 4.86. The fourth-order valence-corrected chi connectivity index (χ4v) is 2.60. The molecule has 3 heterocycles. The van der Waals surface area contributed by atoms with Crippen molar-refractivity contribution in [2.24, 2.45) is 0 Å². The van der Waals surface area contributed by atoms with E-state index in [1.165, 1.54) is 10.6 Å². The molecule has 2 aliphatic heterocycles. The fourth-order valence-electron chi connectivity index (χ4n) is 1.74. The van der Waals surface area contributed by atoms with E-state index in [1.54, 1.807) is 18.3 Å². The summed E-state index contributed by atoms with van der Waals surface area (Å²) >= 11 is 0.599. The Bertz CT molecular complexity index is 755. The molecule has 0 saturated heterocycles. The van der Waals surface area contributed by atoms with Gasteiger partial charge in [0.05, 0.1) is 5.69 Å². The van der Waals surface area contributed by atoms with E-state index in [0.29, 0.717) is 27.9 Å². The highest BCUT2D eigenvalue weighted by molar-refractivity contribution is 7.14. The first kappa shape index (κ1) is 12.0. The maximum absolute atomic E-state index is 12.6. The van der Waals surface area contributed by atoms with Crippen LogP contribution in [0, 0.1) is 0 Å². The number of pyridine rings is 1. The zero-order valence-corrected chi connectivity index (χ0v) is 10.0. The van der Waals surface area contributed by atoms with Gasteiger partial charge in [-0.15, -0.1) is 11.3 Å². The largest absolute Gasteiger partial charge is 0.425 e. The highest BCUT2D eigenvalue weighted by Gasteiger charge is 2.32. The van der Waals surface area contributed by atoms with Crippen LogP contribution in [0.1, 0.15) is 4.88 Å². The number of thiophene rings is 1. The summed E-state index contributed by atoms with van der Waals surface area (Å²) in [5.41, 5.74) is -0.0444. The number of nitrogens with zero attached hydrogens (tertiary/aromatic N) is 2. The van der Waals surface area contributed by atoms with Gasteiger partial charge in [-0.05, 0) is 24.3 Å². The maximum atomic E-state index is 12.6. The quantitative estimate of drug-likeness (QED) is 0.747. The predicted molar refractivity (Wildman–Crippen MR) is 63.7 cm³/mol. The number of hydrogen-bond donors (Lipinski definition) is 1. The Labute approximate surface area is 108 Å². The topological polar surface area (TPSA) is 50.7 Å². The number of nitrogens with one attached hydrogen (secondary N) is 1. The lowest BCUT2D eigenvalue weighted by Gasteiger charge is -2.07. The first-order valence-corrected chi connectivity index (χ1v) is 6.01. The third-order valence-corrected chi connectivity index (χ3v) is 3.65. The summed E-state index contributed by atoms with van der Waals surface area (Å²) in [7, 11) is 0. The number of aromatic nitrogens is 3. The van der Waals surface area contributed by atoms with Crippen LogP contribution in [-0.4, -0.2) is 14.5 Å². The molecule has 3 rings (SSSR count). The SMILES string of the molecule is O=c1nc2n(-c3ccc(C(F)(F)F)s3)cccc-2[nH]1. The molecule has 0 aliphatic carbocycles. The van der Waals surface area contributed by atoms with Crippen molar-refractivity contribution in [3.8, 4) is 16.5 Å². The van der Waals surface area contributed by atoms with E-state index in [0.717, 1.165) is 6.07 Å². The number of fused-ring (bicyclic) bond motifs is 1. The van der Waals surface area contributed by atoms with Gasteiger partial charge in [-0.1, -0.05) is 0 Å². The minimum absolute atomic E-state index is 0.308. The molecule has 98 valence electrons. The summed E-state index contributed by atoms with van der Waals surface area (Å²) < 4.78 is 39.1. The van der Waals surface area contributed by atoms with Crippen molar-refractivity contribution in [2.75, 3.05) is 0 Å². The van der Waals surface area contributed by atoms with Crippen LogP contribution in [0.2, 0.25) is 0 Å². The molecule has 0 saturated carbocycles. The van der Waals surface area contributed by atoms with Crippen molar-refractivity contribution in [1.82, 2.24) is 14.5 Å². The van der Waals surface area contributed by atoms with Crippen molar-refractivity contribution in [3.63, 3.8) is 0 Å². The summed E-state index contributed by atoms with van der Waals surface area (Å²) in [6, 6.07) is 5.63. The average molecular weight is 285 g/mol. The van der Waals surface area contributed by atoms with E-state index in [-0.39, 0.29) is 0 Å². The van der Waals surface area contributed by atoms with Crippen LogP contribution in [0.4, 0.5) is 13.2 Å². The minimum Gasteiger partial charge on any atom is -0.303 e. The second kappa shape index (κ2) is 3.95. The van der Waals surface area contributed by atoms with Gasteiger partial charge in [0.2, 0.25) is 0 Å². The molecule has 0 spiro atoms.